The molecule has 37 heavy (non-hydrogen) atoms. The Labute approximate surface area is 236 Å². The fourth-order valence-corrected chi connectivity index (χ4v) is 7.24. The van der Waals surface area contributed by atoms with Crippen LogP contribution in [0.2, 0.25) is 0 Å². The standard InChI is InChI=1S/C26H22Br2N4O3S2/c27-20-8-4-18(5-9-20)17-29-32(26-30-23-13-10-21(28)16-24(23)36-26)25(33)19-6-11-22(12-7-19)37(34,35)31-14-2-1-3-15-31/h4-13,16-17H,1-3,14-15H2/b29-17+. The number of anilines is 1. The molecule has 2 heterocycles. The summed E-state index contributed by atoms with van der Waals surface area (Å²) in [6.07, 6.45) is 4.36. The zero-order valence-electron chi connectivity index (χ0n) is 19.5. The van der Waals surface area contributed by atoms with E-state index in [1.54, 1.807) is 6.21 Å². The first kappa shape index (κ1) is 26.2. The van der Waals surface area contributed by atoms with E-state index in [0.29, 0.717) is 23.8 Å². The van der Waals surface area contributed by atoms with Crippen molar-refractivity contribution in [3.05, 3.63) is 86.8 Å². The fourth-order valence-electron chi connectivity index (χ4n) is 3.98. The van der Waals surface area contributed by atoms with E-state index in [4.69, 9.17) is 0 Å². The molecule has 0 unspecified atom stereocenters. The largest absolute Gasteiger partial charge is 0.280 e. The average Bonchev–Trinajstić information content (AvgIpc) is 3.33. The second kappa shape index (κ2) is 11.1. The summed E-state index contributed by atoms with van der Waals surface area (Å²) in [6.45, 7) is 1.05. The molecule has 4 aromatic rings. The van der Waals surface area contributed by atoms with E-state index in [0.717, 1.165) is 44.0 Å². The van der Waals surface area contributed by atoms with Gasteiger partial charge in [-0.3, -0.25) is 4.79 Å². The highest BCUT2D eigenvalue weighted by Crippen LogP contribution is 2.32. The van der Waals surface area contributed by atoms with Crippen LogP contribution in [0.5, 0.6) is 0 Å². The highest BCUT2D eigenvalue weighted by atomic mass is 79.9. The van der Waals surface area contributed by atoms with Crippen LogP contribution in [0, 0.1) is 0 Å². The van der Waals surface area contributed by atoms with E-state index in [9.17, 15) is 13.2 Å². The number of sulfonamides is 1. The number of aromatic nitrogens is 1. The minimum Gasteiger partial charge on any atom is -0.267 e. The lowest BCUT2D eigenvalue weighted by atomic mass is 10.2. The van der Waals surface area contributed by atoms with Crippen LogP contribution in [-0.4, -0.2) is 42.9 Å². The van der Waals surface area contributed by atoms with Crippen LogP contribution in [0.3, 0.4) is 0 Å². The number of nitrogens with zero attached hydrogens (tertiary/aromatic N) is 4. The Bertz CT molecular complexity index is 1560. The second-order valence-corrected chi connectivity index (χ2v) is 13.3. The molecule has 1 fully saturated rings. The molecule has 11 heteroatoms. The summed E-state index contributed by atoms with van der Waals surface area (Å²) in [6, 6.07) is 19.3. The molecule has 190 valence electrons. The highest BCUT2D eigenvalue weighted by molar-refractivity contribution is 9.10. The van der Waals surface area contributed by atoms with Crippen molar-refractivity contribution in [3.63, 3.8) is 0 Å². The van der Waals surface area contributed by atoms with Gasteiger partial charge in [0.1, 0.15) is 0 Å². The average molecular weight is 662 g/mol. The van der Waals surface area contributed by atoms with Crippen LogP contribution < -0.4 is 5.01 Å². The number of fused-ring (bicyclic) bond motifs is 1. The number of amides is 1. The summed E-state index contributed by atoms with van der Waals surface area (Å²) < 4.78 is 30.3. The van der Waals surface area contributed by atoms with Gasteiger partial charge in [-0.25, -0.2) is 13.4 Å². The Morgan fingerprint density at radius 2 is 1.62 bits per heavy atom. The van der Waals surface area contributed by atoms with Crippen LogP contribution in [0.1, 0.15) is 35.2 Å². The lowest BCUT2D eigenvalue weighted by molar-refractivity contribution is 0.0987. The third-order valence-electron chi connectivity index (χ3n) is 5.96. The molecule has 3 aromatic carbocycles. The molecule has 0 saturated carbocycles. The van der Waals surface area contributed by atoms with Gasteiger partial charge >= 0.3 is 0 Å². The van der Waals surface area contributed by atoms with Crippen LogP contribution in [-0.2, 0) is 10.0 Å². The fraction of sp³-hybridized carbons (Fsp3) is 0.192. The topological polar surface area (TPSA) is 82.9 Å². The second-order valence-electron chi connectivity index (χ2n) is 8.51. The van der Waals surface area contributed by atoms with Crippen LogP contribution in [0.25, 0.3) is 10.2 Å². The van der Waals surface area contributed by atoms with Crippen molar-refractivity contribution in [2.45, 2.75) is 24.2 Å². The van der Waals surface area contributed by atoms with Gasteiger partial charge in [0.25, 0.3) is 5.91 Å². The molecule has 1 aliphatic heterocycles. The van der Waals surface area contributed by atoms with Crippen LogP contribution >= 0.6 is 43.2 Å². The molecule has 0 atom stereocenters. The molecule has 1 amide bonds. The number of piperidine rings is 1. The van der Waals surface area contributed by atoms with Crippen molar-refractivity contribution in [1.82, 2.24) is 9.29 Å². The summed E-state index contributed by atoms with van der Waals surface area (Å²) in [5, 5.41) is 6.16. The van der Waals surface area contributed by atoms with E-state index in [1.165, 1.54) is 44.9 Å². The monoisotopic (exact) mass is 660 g/mol. The van der Waals surface area contributed by atoms with Gasteiger partial charge in [0, 0.05) is 27.6 Å². The summed E-state index contributed by atoms with van der Waals surface area (Å²) in [5.41, 5.74) is 1.88. The molecule has 1 saturated heterocycles. The molecule has 0 radical (unpaired) electrons. The van der Waals surface area contributed by atoms with Gasteiger partial charge in [-0.1, -0.05) is 61.8 Å². The summed E-state index contributed by atoms with van der Waals surface area (Å²) >= 11 is 8.24. The number of carbonyl (C=O) groups is 1. The molecule has 0 N–H and O–H groups in total. The molecule has 1 aliphatic rings. The molecular weight excluding hydrogens is 640 g/mol. The van der Waals surface area contributed by atoms with Gasteiger partial charge < -0.3 is 0 Å². The van der Waals surface area contributed by atoms with Crippen molar-refractivity contribution >= 4 is 80.7 Å². The molecule has 1 aromatic heterocycles. The van der Waals surface area contributed by atoms with Crippen molar-refractivity contribution < 1.29 is 13.2 Å². The van der Waals surface area contributed by atoms with Crippen molar-refractivity contribution in [3.8, 4) is 0 Å². The normalized spacial score (nSPS) is 14.9. The molecule has 0 spiro atoms. The Balaban J connectivity index is 1.47. The number of hydrazone groups is 1. The van der Waals surface area contributed by atoms with Gasteiger partial charge in [-0.2, -0.15) is 14.4 Å². The number of benzene rings is 3. The molecular formula is C26H22Br2N4O3S2. The van der Waals surface area contributed by atoms with E-state index < -0.39 is 15.9 Å². The summed E-state index contributed by atoms with van der Waals surface area (Å²) in [5.74, 6) is -0.409. The minimum atomic E-state index is -3.59. The summed E-state index contributed by atoms with van der Waals surface area (Å²) in [7, 11) is -3.59. The van der Waals surface area contributed by atoms with Gasteiger partial charge in [0.05, 0.1) is 21.3 Å². The maximum Gasteiger partial charge on any atom is 0.280 e. The lowest BCUT2D eigenvalue weighted by Gasteiger charge is -2.25. The summed E-state index contributed by atoms with van der Waals surface area (Å²) in [4.78, 5) is 18.4. The van der Waals surface area contributed by atoms with E-state index in [-0.39, 0.29) is 4.90 Å². The number of thiazole rings is 1. The van der Waals surface area contributed by atoms with E-state index in [2.05, 4.69) is 41.9 Å². The number of halogens is 2. The van der Waals surface area contributed by atoms with Crippen molar-refractivity contribution in [2.75, 3.05) is 18.1 Å². The molecule has 7 nitrogen and oxygen atoms in total. The Morgan fingerprint density at radius 1 is 0.946 bits per heavy atom. The third-order valence-corrected chi connectivity index (χ3v) is 9.89. The van der Waals surface area contributed by atoms with Crippen molar-refractivity contribution in [1.29, 1.82) is 0 Å². The maximum atomic E-state index is 13.6. The quantitative estimate of drug-likeness (QED) is 0.171. The predicted molar refractivity (Wildman–Crippen MR) is 155 cm³/mol. The molecule has 5 rings (SSSR count). The molecule has 0 bridgehead atoms. The van der Waals surface area contributed by atoms with Gasteiger partial charge in [0.2, 0.25) is 15.2 Å². The van der Waals surface area contributed by atoms with Gasteiger partial charge in [-0.05, 0) is 73.0 Å². The Morgan fingerprint density at radius 3 is 2.32 bits per heavy atom. The number of hydrogen-bond acceptors (Lipinski definition) is 6. The zero-order valence-corrected chi connectivity index (χ0v) is 24.4. The first-order valence-electron chi connectivity index (χ1n) is 11.6. The molecule has 0 aliphatic carbocycles. The van der Waals surface area contributed by atoms with E-state index >= 15 is 0 Å². The lowest BCUT2D eigenvalue weighted by Crippen LogP contribution is -2.35. The maximum absolute atomic E-state index is 13.6. The van der Waals surface area contributed by atoms with E-state index in [1.807, 2.05) is 42.5 Å². The first-order chi connectivity index (χ1) is 17.8. The predicted octanol–water partition coefficient (Wildman–Crippen LogP) is 6.68. The zero-order chi connectivity index (χ0) is 26.0. The number of hydrogen-bond donors (Lipinski definition) is 0. The van der Waals surface area contributed by atoms with Crippen molar-refractivity contribution in [2.24, 2.45) is 5.10 Å². The minimum absolute atomic E-state index is 0.181. The number of carbonyl (C=O) groups excluding carboxylic acids is 1. The smallest absolute Gasteiger partial charge is 0.267 e. The van der Waals surface area contributed by atoms with Crippen LogP contribution in [0.4, 0.5) is 5.13 Å². The number of rotatable bonds is 6. The van der Waals surface area contributed by atoms with Gasteiger partial charge in [-0.15, -0.1) is 0 Å². The Kier molecular flexibility index (Phi) is 7.87. The first-order valence-corrected chi connectivity index (χ1v) is 15.5. The Hall–Kier alpha value is -2.44. The highest BCUT2D eigenvalue weighted by Gasteiger charge is 2.27. The SMILES string of the molecule is O=C(c1ccc(S(=O)(=O)N2CCCCC2)cc1)N(/N=C/c1ccc(Br)cc1)c1nc2ccc(Br)cc2s1. The van der Waals surface area contributed by atoms with Gasteiger partial charge in [0.15, 0.2) is 0 Å². The third kappa shape index (κ3) is 5.85. The van der Waals surface area contributed by atoms with Crippen LogP contribution in [0.15, 0.2) is 85.7 Å².